The summed E-state index contributed by atoms with van der Waals surface area (Å²) in [6.07, 6.45) is 1.62. The number of halogens is 1. The molecule has 0 amide bonds. The number of aromatic nitrogens is 5. The molecule has 1 N–H and O–H groups in total. The van der Waals surface area contributed by atoms with Crippen LogP contribution in [0.3, 0.4) is 0 Å². The van der Waals surface area contributed by atoms with Crippen molar-refractivity contribution in [1.82, 2.24) is 25.1 Å². The Balaban J connectivity index is 1.97. The molecule has 0 unspecified atom stereocenters. The van der Waals surface area contributed by atoms with Gasteiger partial charge in [-0.15, -0.1) is 11.3 Å². The van der Waals surface area contributed by atoms with E-state index in [2.05, 4.69) is 25.1 Å². The van der Waals surface area contributed by atoms with Gasteiger partial charge in [0.05, 0.1) is 16.4 Å². The van der Waals surface area contributed by atoms with Gasteiger partial charge in [-0.25, -0.2) is 15.0 Å². The summed E-state index contributed by atoms with van der Waals surface area (Å²) in [5.41, 5.74) is 2.27. The molecule has 7 heteroatoms. The lowest BCUT2D eigenvalue weighted by Crippen LogP contribution is -1.89. The summed E-state index contributed by atoms with van der Waals surface area (Å²) in [6.45, 7) is 0. The highest BCUT2D eigenvalue weighted by Crippen LogP contribution is 2.29. The lowest BCUT2D eigenvalue weighted by Gasteiger charge is -1.96. The van der Waals surface area contributed by atoms with Crippen LogP contribution < -0.4 is 0 Å². The van der Waals surface area contributed by atoms with Gasteiger partial charge in [-0.1, -0.05) is 23.7 Å². The number of nitrogens with zero attached hydrogens (tertiary/aromatic N) is 4. The summed E-state index contributed by atoms with van der Waals surface area (Å²) < 4.78 is 1.10. The molecule has 0 atom stereocenters. The third kappa shape index (κ3) is 1.68. The molecule has 0 bridgehead atoms. The van der Waals surface area contributed by atoms with E-state index in [0.717, 1.165) is 15.2 Å². The third-order valence-electron chi connectivity index (χ3n) is 2.74. The number of nitrogens with one attached hydrogen (secondary N) is 1. The summed E-state index contributed by atoms with van der Waals surface area (Å²) in [4.78, 5) is 13.2. The first-order chi connectivity index (χ1) is 9.31. The fraction of sp³-hybridized carbons (Fsp3) is 0. The van der Waals surface area contributed by atoms with Crippen molar-refractivity contribution in [1.29, 1.82) is 0 Å². The molecular formula is C12H6ClN5S. The number of benzene rings is 1. The second-order valence-electron chi connectivity index (χ2n) is 3.96. The van der Waals surface area contributed by atoms with Gasteiger partial charge in [0.25, 0.3) is 0 Å². The minimum atomic E-state index is 0.358. The third-order valence-corrected chi connectivity index (χ3v) is 4.05. The summed E-state index contributed by atoms with van der Waals surface area (Å²) >= 11 is 7.65. The lowest BCUT2D eigenvalue weighted by atomic mass is 10.3. The zero-order chi connectivity index (χ0) is 12.8. The number of H-pyrrole nitrogens is 1. The number of aromatic amines is 1. The van der Waals surface area contributed by atoms with Crippen molar-refractivity contribution in [3.63, 3.8) is 0 Å². The summed E-state index contributed by atoms with van der Waals surface area (Å²) in [7, 11) is 0. The monoisotopic (exact) mass is 287 g/mol. The van der Waals surface area contributed by atoms with Gasteiger partial charge >= 0.3 is 0 Å². The Bertz CT molecular complexity index is 864. The van der Waals surface area contributed by atoms with Crippen LogP contribution in [-0.2, 0) is 0 Å². The molecule has 0 spiro atoms. The molecular weight excluding hydrogens is 282 g/mol. The Morgan fingerprint density at radius 1 is 1.05 bits per heavy atom. The second-order valence-corrected chi connectivity index (χ2v) is 5.34. The highest BCUT2D eigenvalue weighted by atomic mass is 35.5. The van der Waals surface area contributed by atoms with Gasteiger partial charge < -0.3 is 0 Å². The summed E-state index contributed by atoms with van der Waals surface area (Å²) in [5, 5.41) is 7.79. The van der Waals surface area contributed by atoms with Crippen molar-refractivity contribution in [3.8, 4) is 10.8 Å². The average Bonchev–Trinajstić information content (AvgIpc) is 3.04. The fourth-order valence-corrected chi connectivity index (χ4v) is 2.99. The maximum Gasteiger partial charge on any atom is 0.190 e. The molecule has 5 nitrogen and oxygen atoms in total. The number of fused-ring (bicyclic) bond motifs is 2. The van der Waals surface area contributed by atoms with Gasteiger partial charge in [-0.3, -0.25) is 5.10 Å². The van der Waals surface area contributed by atoms with E-state index < -0.39 is 0 Å². The zero-order valence-electron chi connectivity index (χ0n) is 9.46. The first-order valence-corrected chi connectivity index (χ1v) is 6.73. The van der Waals surface area contributed by atoms with Crippen LogP contribution in [0.4, 0.5) is 0 Å². The van der Waals surface area contributed by atoms with E-state index in [1.54, 1.807) is 17.5 Å². The molecule has 19 heavy (non-hydrogen) atoms. The number of para-hydroxylation sites is 1. The van der Waals surface area contributed by atoms with E-state index >= 15 is 0 Å². The normalized spacial score (nSPS) is 11.4. The Morgan fingerprint density at radius 3 is 2.84 bits per heavy atom. The van der Waals surface area contributed by atoms with E-state index in [4.69, 9.17) is 11.6 Å². The molecule has 0 saturated heterocycles. The number of hydrogen-bond acceptors (Lipinski definition) is 5. The molecule has 0 aliphatic heterocycles. The Morgan fingerprint density at radius 2 is 1.95 bits per heavy atom. The highest BCUT2D eigenvalue weighted by Gasteiger charge is 2.13. The minimum Gasteiger partial charge on any atom is -0.273 e. The topological polar surface area (TPSA) is 67.3 Å². The van der Waals surface area contributed by atoms with Gasteiger partial charge in [0.2, 0.25) is 0 Å². The number of hydrogen-bond donors (Lipinski definition) is 1. The Labute approximate surface area is 116 Å². The first-order valence-electron chi connectivity index (χ1n) is 5.54. The van der Waals surface area contributed by atoms with E-state index in [-0.39, 0.29) is 0 Å². The van der Waals surface area contributed by atoms with Gasteiger partial charge in [-0.2, -0.15) is 5.10 Å². The van der Waals surface area contributed by atoms with E-state index in [1.165, 1.54) is 0 Å². The zero-order valence-corrected chi connectivity index (χ0v) is 11.0. The van der Waals surface area contributed by atoms with Gasteiger partial charge in [-0.05, 0) is 12.1 Å². The van der Waals surface area contributed by atoms with Crippen LogP contribution in [0.15, 0.2) is 30.5 Å². The molecule has 4 rings (SSSR count). The average molecular weight is 288 g/mol. The van der Waals surface area contributed by atoms with Crippen LogP contribution in [0, 0.1) is 0 Å². The van der Waals surface area contributed by atoms with Gasteiger partial charge in [0.1, 0.15) is 11.0 Å². The smallest absolute Gasteiger partial charge is 0.190 e. The summed E-state index contributed by atoms with van der Waals surface area (Å²) in [6, 6.07) is 7.93. The predicted molar refractivity (Wildman–Crippen MR) is 75.3 cm³/mol. The maximum atomic E-state index is 6.11. The van der Waals surface area contributed by atoms with Crippen molar-refractivity contribution < 1.29 is 0 Å². The lowest BCUT2D eigenvalue weighted by molar-refractivity contribution is 1.11. The quantitative estimate of drug-likeness (QED) is 0.546. The van der Waals surface area contributed by atoms with Gasteiger partial charge in [0, 0.05) is 0 Å². The van der Waals surface area contributed by atoms with Crippen molar-refractivity contribution in [2.24, 2.45) is 0 Å². The van der Waals surface area contributed by atoms with Crippen LogP contribution in [-0.4, -0.2) is 25.1 Å². The van der Waals surface area contributed by atoms with Crippen LogP contribution >= 0.6 is 22.9 Å². The second kappa shape index (κ2) is 3.97. The van der Waals surface area contributed by atoms with E-state index in [1.807, 2.05) is 24.3 Å². The molecule has 0 aliphatic carbocycles. The Kier molecular flexibility index (Phi) is 2.27. The summed E-state index contributed by atoms with van der Waals surface area (Å²) in [5.74, 6) is 0.528. The largest absolute Gasteiger partial charge is 0.273 e. The van der Waals surface area contributed by atoms with Crippen LogP contribution in [0.25, 0.3) is 32.1 Å². The molecule has 92 valence electrons. The fourth-order valence-electron chi connectivity index (χ4n) is 1.87. The van der Waals surface area contributed by atoms with Crippen LogP contribution in [0.1, 0.15) is 0 Å². The van der Waals surface area contributed by atoms with E-state index in [0.29, 0.717) is 22.0 Å². The maximum absolute atomic E-state index is 6.11. The number of thiazole rings is 1. The predicted octanol–water partition coefficient (Wildman–Crippen LogP) is 3.28. The van der Waals surface area contributed by atoms with Crippen LogP contribution in [0.5, 0.6) is 0 Å². The van der Waals surface area contributed by atoms with Crippen molar-refractivity contribution in [2.75, 3.05) is 0 Å². The molecule has 3 heterocycles. The molecule has 3 aromatic heterocycles. The highest BCUT2D eigenvalue weighted by molar-refractivity contribution is 7.21. The molecule has 0 aliphatic rings. The standard InChI is InChI=1S/C12H6ClN5S/c13-10-9-7(5-14-18-9)15-11(17-10)12-16-6-3-1-2-4-8(6)19-12/h1-5H,(H,14,18). The molecule has 0 radical (unpaired) electrons. The minimum absolute atomic E-state index is 0.358. The van der Waals surface area contributed by atoms with Crippen molar-refractivity contribution in [3.05, 3.63) is 35.6 Å². The Hall–Kier alpha value is -2.05. The van der Waals surface area contributed by atoms with Gasteiger partial charge in [0.15, 0.2) is 16.0 Å². The van der Waals surface area contributed by atoms with E-state index in [9.17, 15) is 0 Å². The molecule has 0 fully saturated rings. The van der Waals surface area contributed by atoms with Crippen molar-refractivity contribution >= 4 is 44.2 Å². The van der Waals surface area contributed by atoms with Crippen LogP contribution in [0.2, 0.25) is 5.15 Å². The molecule has 1 aromatic carbocycles. The molecule has 0 saturated carbocycles. The first kappa shape index (κ1) is 10.8. The number of rotatable bonds is 1. The SMILES string of the molecule is Clc1nc(-c2nc3ccccc3s2)nc2cn[nH]c12. The molecule has 4 aromatic rings. The van der Waals surface area contributed by atoms with Crippen molar-refractivity contribution in [2.45, 2.75) is 0 Å².